The summed E-state index contributed by atoms with van der Waals surface area (Å²) in [7, 11) is 0. The van der Waals surface area contributed by atoms with Crippen LogP contribution in [0.15, 0.2) is 59.0 Å². The highest BCUT2D eigenvalue weighted by atomic mass is 32.1. The molecule has 1 N–H and O–H groups in total. The first-order valence-electron chi connectivity index (χ1n) is 9.14. The van der Waals surface area contributed by atoms with Crippen molar-refractivity contribution >= 4 is 27.5 Å². The third-order valence-corrected chi connectivity index (χ3v) is 5.35. The normalized spacial score (nSPS) is 10.9. The molecule has 7 nitrogen and oxygen atoms in total. The van der Waals surface area contributed by atoms with Crippen molar-refractivity contribution in [2.45, 2.75) is 20.1 Å². The third kappa shape index (κ3) is 3.79. The number of pyridine rings is 1. The van der Waals surface area contributed by atoms with E-state index in [0.717, 1.165) is 11.1 Å². The Morgan fingerprint density at radius 3 is 2.76 bits per heavy atom. The van der Waals surface area contributed by atoms with E-state index in [1.54, 1.807) is 23.9 Å². The van der Waals surface area contributed by atoms with E-state index in [2.05, 4.69) is 10.2 Å². The molecule has 0 aliphatic carbocycles. The van der Waals surface area contributed by atoms with Gasteiger partial charge in [-0.1, -0.05) is 30.3 Å². The van der Waals surface area contributed by atoms with Gasteiger partial charge < -0.3 is 9.47 Å². The molecule has 0 saturated heterocycles. The number of hydrogen-bond acceptors (Lipinski definition) is 6. The number of nitrogens with one attached hydrogen (secondary N) is 1. The number of hydrogen-bond donors (Lipinski definition) is 1. The van der Waals surface area contributed by atoms with Crippen LogP contribution >= 0.6 is 11.3 Å². The average Bonchev–Trinajstić information content (AvgIpc) is 3.41. The Bertz CT molecular complexity index is 1180. The Kier molecular flexibility index (Phi) is 5.44. The molecular weight excluding hydrogens is 390 g/mol. The third-order valence-electron chi connectivity index (χ3n) is 4.43. The number of benzene rings is 1. The van der Waals surface area contributed by atoms with E-state index >= 15 is 0 Å². The van der Waals surface area contributed by atoms with E-state index in [-0.39, 0.29) is 30.1 Å². The summed E-state index contributed by atoms with van der Waals surface area (Å²) in [6, 6.07) is 11.3. The molecule has 29 heavy (non-hydrogen) atoms. The molecule has 0 spiro atoms. The number of rotatable bonds is 7. The maximum Gasteiger partial charge on any atom is 0.343 e. The van der Waals surface area contributed by atoms with Gasteiger partial charge in [0.1, 0.15) is 12.2 Å². The number of carbonyl (C=O) groups excluding carboxylic acids is 1. The van der Waals surface area contributed by atoms with Crippen LogP contribution in [0.2, 0.25) is 0 Å². The summed E-state index contributed by atoms with van der Waals surface area (Å²) in [5.41, 5.74) is 2.21. The molecule has 0 saturated carbocycles. The van der Waals surface area contributed by atoms with Crippen molar-refractivity contribution in [3.05, 3.63) is 81.2 Å². The van der Waals surface area contributed by atoms with Crippen molar-refractivity contribution in [1.29, 1.82) is 0 Å². The second-order valence-corrected chi connectivity index (χ2v) is 7.25. The van der Waals surface area contributed by atoms with Crippen LogP contribution in [-0.4, -0.2) is 27.3 Å². The maximum absolute atomic E-state index is 13.4. The fraction of sp³-hybridized carbons (Fsp3) is 0.190. The Morgan fingerprint density at radius 2 is 2.03 bits per heavy atom. The van der Waals surface area contributed by atoms with Gasteiger partial charge in [0.25, 0.3) is 5.56 Å². The molecular formula is C21H19N3O4S. The van der Waals surface area contributed by atoms with E-state index in [0.29, 0.717) is 16.8 Å². The molecule has 0 radical (unpaired) electrons. The van der Waals surface area contributed by atoms with Crippen LogP contribution < -0.4 is 10.3 Å². The summed E-state index contributed by atoms with van der Waals surface area (Å²) in [6.45, 7) is 2.43. The number of esters is 1. The van der Waals surface area contributed by atoms with Crippen molar-refractivity contribution in [2.24, 2.45) is 0 Å². The topological polar surface area (TPSA) is 86.2 Å². The molecule has 3 heterocycles. The molecule has 8 heteroatoms. The van der Waals surface area contributed by atoms with Gasteiger partial charge in [0.2, 0.25) is 5.75 Å². The number of fused-ring (bicyclic) bond motifs is 1. The van der Waals surface area contributed by atoms with Gasteiger partial charge in [-0.05, 0) is 23.9 Å². The monoisotopic (exact) mass is 409 g/mol. The molecule has 4 rings (SSSR count). The van der Waals surface area contributed by atoms with Gasteiger partial charge in [0.05, 0.1) is 29.6 Å². The number of aromatic amines is 1. The summed E-state index contributed by atoms with van der Waals surface area (Å²) >= 11 is 1.38. The molecule has 0 amide bonds. The second kappa shape index (κ2) is 8.32. The molecule has 0 unspecified atom stereocenters. The zero-order valence-electron chi connectivity index (χ0n) is 15.8. The van der Waals surface area contributed by atoms with Crippen molar-refractivity contribution in [3.63, 3.8) is 0 Å². The quantitative estimate of drug-likeness (QED) is 0.472. The predicted molar refractivity (Wildman–Crippen MR) is 111 cm³/mol. The number of thiophene rings is 1. The highest BCUT2D eigenvalue weighted by Gasteiger charge is 2.25. The van der Waals surface area contributed by atoms with Crippen LogP contribution in [0, 0.1) is 0 Å². The number of ether oxygens (including phenoxy) is 2. The van der Waals surface area contributed by atoms with Crippen LogP contribution in [0.3, 0.4) is 0 Å². The second-order valence-electron chi connectivity index (χ2n) is 6.33. The van der Waals surface area contributed by atoms with E-state index in [4.69, 9.17) is 9.47 Å². The van der Waals surface area contributed by atoms with Gasteiger partial charge in [-0.3, -0.25) is 14.5 Å². The number of carbonyl (C=O) groups is 1. The van der Waals surface area contributed by atoms with Crippen molar-refractivity contribution in [3.8, 4) is 5.75 Å². The Balaban J connectivity index is 1.85. The fourth-order valence-electron chi connectivity index (χ4n) is 3.10. The first-order valence-corrected chi connectivity index (χ1v) is 10.0. The largest absolute Gasteiger partial charge is 0.482 e. The van der Waals surface area contributed by atoms with Crippen molar-refractivity contribution in [1.82, 2.24) is 14.8 Å². The van der Waals surface area contributed by atoms with Crippen LogP contribution in [0.1, 0.15) is 28.4 Å². The average molecular weight is 409 g/mol. The summed E-state index contributed by atoms with van der Waals surface area (Å²) in [5.74, 6) is -0.554. The smallest absolute Gasteiger partial charge is 0.343 e. The zero-order valence-corrected chi connectivity index (χ0v) is 16.6. The van der Waals surface area contributed by atoms with Crippen LogP contribution in [0.4, 0.5) is 0 Å². The van der Waals surface area contributed by atoms with E-state index < -0.39 is 5.97 Å². The first kappa shape index (κ1) is 18.9. The molecule has 1 aromatic carbocycles. The standard InChI is InChI=1S/C21H19N3O4S/c1-2-27-21(26)17-18(28-13-14-6-4-3-5-7-14)20(25)24(12-15-10-22-23-11-15)16-8-9-29-19(16)17/h3-11H,2,12-13H2,1H3,(H,22,23). The maximum atomic E-state index is 13.4. The lowest BCUT2D eigenvalue weighted by molar-refractivity contribution is 0.0523. The van der Waals surface area contributed by atoms with Gasteiger partial charge in [-0.15, -0.1) is 11.3 Å². The highest BCUT2D eigenvalue weighted by Crippen LogP contribution is 2.31. The number of nitrogens with zero attached hydrogens (tertiary/aromatic N) is 2. The Morgan fingerprint density at radius 1 is 1.21 bits per heavy atom. The summed E-state index contributed by atoms with van der Waals surface area (Å²) in [5, 5.41) is 8.54. The molecule has 0 atom stereocenters. The van der Waals surface area contributed by atoms with Crippen LogP contribution in [0.25, 0.3) is 10.2 Å². The van der Waals surface area contributed by atoms with Crippen molar-refractivity contribution < 1.29 is 14.3 Å². The lowest BCUT2D eigenvalue weighted by atomic mass is 10.2. The number of aromatic nitrogens is 3. The molecule has 0 fully saturated rings. The molecule has 0 aliphatic heterocycles. The lowest BCUT2D eigenvalue weighted by Crippen LogP contribution is -2.26. The van der Waals surface area contributed by atoms with E-state index in [1.807, 2.05) is 41.8 Å². The Labute approximate surface area is 170 Å². The minimum absolute atomic E-state index is 0.00532. The van der Waals surface area contributed by atoms with E-state index in [9.17, 15) is 9.59 Å². The molecule has 3 aromatic heterocycles. The molecule has 0 bridgehead atoms. The number of H-pyrrole nitrogens is 1. The zero-order chi connectivity index (χ0) is 20.2. The minimum atomic E-state index is -0.560. The van der Waals surface area contributed by atoms with Crippen LogP contribution in [0.5, 0.6) is 5.75 Å². The Hall–Kier alpha value is -3.39. The van der Waals surface area contributed by atoms with Gasteiger partial charge >= 0.3 is 5.97 Å². The van der Waals surface area contributed by atoms with E-state index in [1.165, 1.54) is 11.3 Å². The van der Waals surface area contributed by atoms with Gasteiger partial charge in [0.15, 0.2) is 0 Å². The SMILES string of the molecule is CCOC(=O)c1c(OCc2ccccc2)c(=O)n(Cc2cn[nH]c2)c2ccsc12. The van der Waals surface area contributed by atoms with Crippen molar-refractivity contribution in [2.75, 3.05) is 6.61 Å². The summed E-state index contributed by atoms with van der Waals surface area (Å²) < 4.78 is 13.4. The van der Waals surface area contributed by atoms with Gasteiger partial charge in [-0.25, -0.2) is 4.79 Å². The predicted octanol–water partition coefficient (Wildman–Crippen LogP) is 3.59. The minimum Gasteiger partial charge on any atom is -0.482 e. The fourth-order valence-corrected chi connectivity index (χ4v) is 4.03. The van der Waals surface area contributed by atoms with Gasteiger partial charge in [0, 0.05) is 11.8 Å². The van der Waals surface area contributed by atoms with Gasteiger partial charge in [-0.2, -0.15) is 5.10 Å². The summed E-state index contributed by atoms with van der Waals surface area (Å²) in [4.78, 5) is 26.1. The summed E-state index contributed by atoms with van der Waals surface area (Å²) in [6.07, 6.45) is 3.39. The lowest BCUT2D eigenvalue weighted by Gasteiger charge is -2.15. The molecule has 4 aromatic rings. The molecule has 0 aliphatic rings. The van der Waals surface area contributed by atoms with Crippen LogP contribution in [-0.2, 0) is 17.9 Å². The molecule has 148 valence electrons. The highest BCUT2D eigenvalue weighted by molar-refractivity contribution is 7.17. The first-order chi connectivity index (χ1) is 14.2.